The summed E-state index contributed by atoms with van der Waals surface area (Å²) in [6.45, 7) is 1.81. The highest BCUT2D eigenvalue weighted by Crippen LogP contribution is 2.23. The number of aromatic amines is 1. The van der Waals surface area contributed by atoms with Gasteiger partial charge in [-0.15, -0.1) is 0 Å². The van der Waals surface area contributed by atoms with Crippen LogP contribution in [0.1, 0.15) is 11.4 Å². The molecular formula is C12H14N4O2S. The Balaban J connectivity index is 2.36. The molecule has 2 aromatic rings. The number of nitrogens with zero attached hydrogens (tertiary/aromatic N) is 3. The summed E-state index contributed by atoms with van der Waals surface area (Å²) in [7, 11) is 3.21. The Kier molecular flexibility index (Phi) is 3.96. The van der Waals surface area contributed by atoms with Crippen molar-refractivity contribution < 1.29 is 9.47 Å². The van der Waals surface area contributed by atoms with Crippen molar-refractivity contribution in [3.8, 4) is 11.5 Å². The van der Waals surface area contributed by atoms with Gasteiger partial charge in [-0.2, -0.15) is 14.9 Å². The third-order valence-corrected chi connectivity index (χ3v) is 2.83. The fourth-order valence-electron chi connectivity index (χ4n) is 1.55. The maximum Gasteiger partial charge on any atom is 0.216 e. The predicted molar refractivity (Wildman–Crippen MR) is 74.7 cm³/mol. The van der Waals surface area contributed by atoms with Gasteiger partial charge in [0.05, 0.1) is 20.4 Å². The van der Waals surface area contributed by atoms with E-state index < -0.39 is 0 Å². The van der Waals surface area contributed by atoms with Crippen molar-refractivity contribution >= 4 is 18.4 Å². The third kappa shape index (κ3) is 2.82. The van der Waals surface area contributed by atoms with E-state index in [1.54, 1.807) is 31.2 Å². The Labute approximate surface area is 115 Å². The predicted octanol–water partition coefficient (Wildman–Crippen LogP) is 2.15. The largest absolute Gasteiger partial charge is 0.497 e. The summed E-state index contributed by atoms with van der Waals surface area (Å²) >= 11 is 5.07. The van der Waals surface area contributed by atoms with Crippen molar-refractivity contribution in [3.63, 3.8) is 0 Å². The molecule has 1 N–H and O–H groups in total. The molecule has 7 heteroatoms. The number of hydrogen-bond acceptors (Lipinski definition) is 5. The van der Waals surface area contributed by atoms with Crippen molar-refractivity contribution in [1.29, 1.82) is 0 Å². The summed E-state index contributed by atoms with van der Waals surface area (Å²) in [6.07, 6.45) is 1.66. The number of aryl methyl sites for hydroxylation is 1. The Morgan fingerprint density at radius 1 is 1.37 bits per heavy atom. The number of rotatable bonds is 4. The molecule has 0 aliphatic rings. The van der Waals surface area contributed by atoms with Crippen molar-refractivity contribution in [3.05, 3.63) is 34.4 Å². The zero-order chi connectivity index (χ0) is 13.8. The van der Waals surface area contributed by atoms with E-state index in [9.17, 15) is 0 Å². The molecule has 0 amide bonds. The van der Waals surface area contributed by atoms with Gasteiger partial charge in [0.1, 0.15) is 17.3 Å². The summed E-state index contributed by atoms with van der Waals surface area (Å²) in [5.41, 5.74) is 0.825. The Morgan fingerprint density at radius 3 is 2.74 bits per heavy atom. The van der Waals surface area contributed by atoms with E-state index in [-0.39, 0.29) is 0 Å². The Hall–Kier alpha value is -2.15. The van der Waals surface area contributed by atoms with Gasteiger partial charge in [0.2, 0.25) is 4.77 Å². The standard InChI is InChI=1S/C12H14N4O2S/c1-8-14-15-12(19)16(8)13-7-9-4-5-10(17-2)6-11(9)18-3/h4-7H,1-3H3,(H,15,19)/b13-7-. The molecule has 2 rings (SSSR count). The van der Waals surface area contributed by atoms with E-state index in [1.807, 2.05) is 19.1 Å². The van der Waals surface area contributed by atoms with Crippen LogP contribution in [-0.4, -0.2) is 35.3 Å². The number of nitrogens with one attached hydrogen (secondary N) is 1. The lowest BCUT2D eigenvalue weighted by Gasteiger charge is -2.06. The molecule has 1 aromatic carbocycles. The quantitative estimate of drug-likeness (QED) is 0.687. The monoisotopic (exact) mass is 278 g/mol. The highest BCUT2D eigenvalue weighted by Gasteiger charge is 2.03. The highest BCUT2D eigenvalue weighted by molar-refractivity contribution is 7.71. The third-order valence-electron chi connectivity index (χ3n) is 2.57. The van der Waals surface area contributed by atoms with E-state index in [4.69, 9.17) is 21.7 Å². The van der Waals surface area contributed by atoms with Gasteiger partial charge < -0.3 is 9.47 Å². The van der Waals surface area contributed by atoms with Crippen LogP contribution in [0.3, 0.4) is 0 Å². The average molecular weight is 278 g/mol. The van der Waals surface area contributed by atoms with Crippen LogP contribution in [0.15, 0.2) is 23.3 Å². The second kappa shape index (κ2) is 5.66. The van der Waals surface area contributed by atoms with Crippen LogP contribution in [0.25, 0.3) is 0 Å². The minimum absolute atomic E-state index is 0.446. The summed E-state index contributed by atoms with van der Waals surface area (Å²) in [5.74, 6) is 2.09. The lowest BCUT2D eigenvalue weighted by molar-refractivity contribution is 0.394. The zero-order valence-corrected chi connectivity index (χ0v) is 11.7. The van der Waals surface area contributed by atoms with Crippen LogP contribution < -0.4 is 9.47 Å². The van der Waals surface area contributed by atoms with Gasteiger partial charge in [0.25, 0.3) is 0 Å². The maximum atomic E-state index is 5.29. The molecule has 0 radical (unpaired) electrons. The van der Waals surface area contributed by atoms with Gasteiger partial charge in [-0.1, -0.05) is 0 Å². The maximum absolute atomic E-state index is 5.29. The second-order valence-electron chi connectivity index (χ2n) is 3.74. The fraction of sp³-hybridized carbons (Fsp3) is 0.250. The van der Waals surface area contributed by atoms with Crippen LogP contribution in [0.4, 0.5) is 0 Å². The molecule has 0 aliphatic heterocycles. The molecule has 100 valence electrons. The van der Waals surface area contributed by atoms with E-state index in [0.29, 0.717) is 16.3 Å². The zero-order valence-electron chi connectivity index (χ0n) is 10.9. The normalized spacial score (nSPS) is 10.9. The van der Waals surface area contributed by atoms with E-state index in [2.05, 4.69) is 15.3 Å². The average Bonchev–Trinajstić information content (AvgIpc) is 2.75. The van der Waals surface area contributed by atoms with Crippen LogP contribution >= 0.6 is 12.2 Å². The fourth-order valence-corrected chi connectivity index (χ4v) is 1.78. The van der Waals surface area contributed by atoms with Crippen molar-refractivity contribution in [1.82, 2.24) is 14.9 Å². The van der Waals surface area contributed by atoms with Crippen molar-refractivity contribution in [2.45, 2.75) is 6.92 Å². The molecule has 0 saturated heterocycles. The molecule has 0 aliphatic carbocycles. The first kappa shape index (κ1) is 13.3. The van der Waals surface area contributed by atoms with Gasteiger partial charge in [-0.3, -0.25) is 5.10 Å². The number of aromatic nitrogens is 3. The van der Waals surface area contributed by atoms with E-state index in [0.717, 1.165) is 11.3 Å². The van der Waals surface area contributed by atoms with Crippen LogP contribution in [0.2, 0.25) is 0 Å². The lowest BCUT2D eigenvalue weighted by Crippen LogP contribution is -1.96. The summed E-state index contributed by atoms with van der Waals surface area (Å²) < 4.78 is 12.4. The molecule has 6 nitrogen and oxygen atoms in total. The van der Waals surface area contributed by atoms with Gasteiger partial charge >= 0.3 is 0 Å². The Morgan fingerprint density at radius 2 is 2.16 bits per heavy atom. The van der Waals surface area contributed by atoms with Crippen LogP contribution in [-0.2, 0) is 0 Å². The molecule has 1 heterocycles. The lowest BCUT2D eigenvalue weighted by atomic mass is 10.2. The number of ether oxygens (including phenoxy) is 2. The molecule has 0 unspecified atom stereocenters. The number of benzene rings is 1. The SMILES string of the molecule is COc1ccc(/C=N\n2c(C)n[nH]c2=S)c(OC)c1. The molecule has 0 bridgehead atoms. The van der Waals surface area contributed by atoms with Gasteiger partial charge in [0.15, 0.2) is 0 Å². The summed E-state index contributed by atoms with van der Waals surface area (Å²) in [6, 6.07) is 5.49. The molecule has 0 fully saturated rings. The first-order valence-electron chi connectivity index (χ1n) is 5.56. The highest BCUT2D eigenvalue weighted by atomic mass is 32.1. The van der Waals surface area contributed by atoms with Crippen LogP contribution in [0.5, 0.6) is 11.5 Å². The van der Waals surface area contributed by atoms with E-state index >= 15 is 0 Å². The number of hydrogen-bond donors (Lipinski definition) is 1. The second-order valence-corrected chi connectivity index (χ2v) is 4.13. The van der Waals surface area contributed by atoms with Crippen LogP contribution in [0, 0.1) is 11.7 Å². The molecule has 0 saturated carbocycles. The summed E-state index contributed by atoms with van der Waals surface area (Å²) in [4.78, 5) is 0. The smallest absolute Gasteiger partial charge is 0.216 e. The minimum Gasteiger partial charge on any atom is -0.497 e. The van der Waals surface area contributed by atoms with Crippen molar-refractivity contribution in [2.75, 3.05) is 14.2 Å². The first-order chi connectivity index (χ1) is 9.15. The number of methoxy groups -OCH3 is 2. The first-order valence-corrected chi connectivity index (χ1v) is 5.97. The molecule has 19 heavy (non-hydrogen) atoms. The molecular weight excluding hydrogens is 264 g/mol. The molecule has 0 atom stereocenters. The number of H-pyrrole nitrogens is 1. The molecule has 0 spiro atoms. The van der Waals surface area contributed by atoms with E-state index in [1.165, 1.54) is 0 Å². The Bertz CT molecular complexity index is 660. The molecule has 1 aromatic heterocycles. The van der Waals surface area contributed by atoms with Crippen molar-refractivity contribution in [2.24, 2.45) is 5.10 Å². The van der Waals surface area contributed by atoms with Gasteiger partial charge in [-0.05, 0) is 31.3 Å². The summed E-state index contributed by atoms with van der Waals surface area (Å²) in [5, 5.41) is 10.9. The topological polar surface area (TPSA) is 64.4 Å². The van der Waals surface area contributed by atoms with Gasteiger partial charge in [-0.25, -0.2) is 0 Å². The minimum atomic E-state index is 0.446. The van der Waals surface area contributed by atoms with Gasteiger partial charge in [0, 0.05) is 11.6 Å².